The number of carbonyl (C=O) groups excluding carboxylic acids is 1. The summed E-state index contributed by atoms with van der Waals surface area (Å²) < 4.78 is 5.65. The molecule has 0 radical (unpaired) electrons. The summed E-state index contributed by atoms with van der Waals surface area (Å²) in [5.41, 5.74) is 2.94. The first-order valence-electron chi connectivity index (χ1n) is 7.75. The van der Waals surface area contributed by atoms with Gasteiger partial charge in [0.05, 0.1) is 11.7 Å². The zero-order valence-electron chi connectivity index (χ0n) is 13.6. The molecule has 3 rings (SSSR count). The summed E-state index contributed by atoms with van der Waals surface area (Å²) in [5, 5.41) is 8.24. The number of hydrogen-bond acceptors (Lipinski definition) is 5. The van der Waals surface area contributed by atoms with Crippen LogP contribution in [0.2, 0.25) is 0 Å². The highest BCUT2D eigenvalue weighted by Crippen LogP contribution is 2.25. The first-order chi connectivity index (χ1) is 11.6. The quantitative estimate of drug-likeness (QED) is 0.494. The summed E-state index contributed by atoms with van der Waals surface area (Å²) in [7, 11) is 0. The maximum atomic E-state index is 12.4. The van der Waals surface area contributed by atoms with Crippen LogP contribution in [0.15, 0.2) is 64.2 Å². The lowest BCUT2D eigenvalue weighted by atomic mass is 10.1. The number of ketones is 1. The Hall–Kier alpha value is -2.40. The number of Topliss-reactive ketones (excluding diaryl/α,β-unsaturated/α-hetero) is 1. The maximum Gasteiger partial charge on any atom is 0.277 e. The molecule has 1 atom stereocenters. The maximum absolute atomic E-state index is 12.4. The van der Waals surface area contributed by atoms with Crippen LogP contribution >= 0.6 is 11.8 Å². The molecular weight excluding hydrogens is 320 g/mol. The van der Waals surface area contributed by atoms with E-state index >= 15 is 0 Å². The summed E-state index contributed by atoms with van der Waals surface area (Å²) in [6.45, 7) is 3.85. The van der Waals surface area contributed by atoms with Gasteiger partial charge in [0.15, 0.2) is 5.78 Å². The van der Waals surface area contributed by atoms with Gasteiger partial charge in [0.1, 0.15) is 0 Å². The largest absolute Gasteiger partial charge is 0.416 e. The Labute approximate surface area is 145 Å². The van der Waals surface area contributed by atoms with Crippen molar-refractivity contribution in [2.24, 2.45) is 0 Å². The third-order valence-corrected chi connectivity index (χ3v) is 4.56. The van der Waals surface area contributed by atoms with Crippen molar-refractivity contribution in [3.05, 3.63) is 77.2 Å². The Bertz CT molecular complexity index is 813. The van der Waals surface area contributed by atoms with Gasteiger partial charge in [-0.1, -0.05) is 71.9 Å². The molecular formula is C19H18N2O2S. The van der Waals surface area contributed by atoms with Gasteiger partial charge in [0, 0.05) is 5.56 Å². The van der Waals surface area contributed by atoms with Gasteiger partial charge in [-0.05, 0) is 19.4 Å². The van der Waals surface area contributed by atoms with Crippen LogP contribution in [0.4, 0.5) is 0 Å². The van der Waals surface area contributed by atoms with Gasteiger partial charge in [-0.2, -0.15) is 0 Å². The number of rotatable bonds is 6. The fourth-order valence-corrected chi connectivity index (χ4v) is 3.06. The van der Waals surface area contributed by atoms with Gasteiger partial charge in [-0.15, -0.1) is 10.2 Å². The fraction of sp³-hybridized carbons (Fsp3) is 0.211. The summed E-state index contributed by atoms with van der Waals surface area (Å²) in [6.07, 6.45) is 0.592. The van der Waals surface area contributed by atoms with E-state index in [0.29, 0.717) is 23.1 Å². The first-order valence-corrected chi connectivity index (χ1v) is 8.63. The normalized spacial score (nSPS) is 12.1. The summed E-state index contributed by atoms with van der Waals surface area (Å²) in [4.78, 5) is 12.4. The van der Waals surface area contributed by atoms with Crippen LogP contribution in [0, 0.1) is 6.92 Å². The molecule has 0 aliphatic heterocycles. The molecule has 24 heavy (non-hydrogen) atoms. The minimum Gasteiger partial charge on any atom is -0.416 e. The number of hydrogen-bond donors (Lipinski definition) is 0. The smallest absolute Gasteiger partial charge is 0.277 e. The average molecular weight is 338 g/mol. The van der Waals surface area contributed by atoms with Crippen molar-refractivity contribution in [3.63, 3.8) is 0 Å². The lowest BCUT2D eigenvalue weighted by Crippen LogP contribution is -2.13. The van der Waals surface area contributed by atoms with Crippen molar-refractivity contribution in [2.45, 2.75) is 30.7 Å². The molecule has 0 saturated carbocycles. The highest BCUT2D eigenvalue weighted by atomic mass is 32.2. The van der Waals surface area contributed by atoms with Gasteiger partial charge < -0.3 is 4.42 Å². The van der Waals surface area contributed by atoms with Crippen molar-refractivity contribution in [1.82, 2.24) is 10.2 Å². The van der Waals surface area contributed by atoms with Gasteiger partial charge in [0.25, 0.3) is 5.22 Å². The second kappa shape index (κ2) is 7.45. The highest BCUT2D eigenvalue weighted by molar-refractivity contribution is 8.00. The number of aryl methyl sites for hydroxylation is 1. The fourth-order valence-electron chi connectivity index (χ4n) is 2.29. The lowest BCUT2D eigenvalue weighted by molar-refractivity contribution is 0.0993. The molecule has 0 spiro atoms. The molecule has 5 heteroatoms. The molecule has 4 nitrogen and oxygen atoms in total. The van der Waals surface area contributed by atoms with Gasteiger partial charge in [-0.3, -0.25) is 4.79 Å². The number of aromatic nitrogens is 2. The topological polar surface area (TPSA) is 56.0 Å². The summed E-state index contributed by atoms with van der Waals surface area (Å²) >= 11 is 1.29. The van der Waals surface area contributed by atoms with Crippen molar-refractivity contribution in [3.8, 4) is 0 Å². The zero-order valence-corrected chi connectivity index (χ0v) is 14.4. The first kappa shape index (κ1) is 16.5. The van der Waals surface area contributed by atoms with E-state index in [1.807, 2.05) is 68.4 Å². The molecule has 1 unspecified atom stereocenters. The molecule has 0 fully saturated rings. The summed E-state index contributed by atoms with van der Waals surface area (Å²) in [6, 6.07) is 17.5. The van der Waals surface area contributed by atoms with E-state index in [2.05, 4.69) is 10.2 Å². The molecule has 0 N–H and O–H groups in total. The van der Waals surface area contributed by atoms with Crippen molar-refractivity contribution >= 4 is 17.5 Å². The molecule has 0 saturated heterocycles. The number of benzene rings is 2. The predicted octanol–water partition coefficient (Wildman–Crippen LogP) is 4.33. The van der Waals surface area contributed by atoms with Crippen molar-refractivity contribution in [2.75, 3.05) is 0 Å². The van der Waals surface area contributed by atoms with Gasteiger partial charge >= 0.3 is 0 Å². The van der Waals surface area contributed by atoms with E-state index in [1.54, 1.807) is 0 Å². The standard InChI is InChI=1S/C19H18N2O2S/c1-13-8-10-16(11-9-13)18(22)14(2)24-19-21-20-17(23-19)12-15-6-4-3-5-7-15/h3-11,14H,12H2,1-2H3. The SMILES string of the molecule is Cc1ccc(C(=O)C(C)Sc2nnc(Cc3ccccc3)o2)cc1. The van der Waals surface area contributed by atoms with Gasteiger partial charge in [-0.25, -0.2) is 0 Å². The molecule has 122 valence electrons. The zero-order chi connectivity index (χ0) is 16.9. The lowest BCUT2D eigenvalue weighted by Gasteiger charge is -2.07. The van der Waals surface area contributed by atoms with E-state index in [0.717, 1.165) is 11.1 Å². The molecule has 0 amide bonds. The van der Waals surface area contributed by atoms with Crippen molar-refractivity contribution < 1.29 is 9.21 Å². The van der Waals surface area contributed by atoms with Crippen LogP contribution in [-0.2, 0) is 6.42 Å². The van der Waals surface area contributed by atoms with Crippen LogP contribution in [-0.4, -0.2) is 21.2 Å². The van der Waals surface area contributed by atoms with Gasteiger partial charge in [0.2, 0.25) is 5.89 Å². The van der Waals surface area contributed by atoms with Crippen LogP contribution in [0.3, 0.4) is 0 Å². The Morgan fingerprint density at radius 1 is 1.08 bits per heavy atom. The Balaban J connectivity index is 1.63. The third-order valence-electron chi connectivity index (χ3n) is 3.63. The molecule has 3 aromatic rings. The molecule has 0 bridgehead atoms. The van der Waals surface area contributed by atoms with Crippen molar-refractivity contribution in [1.29, 1.82) is 0 Å². The van der Waals surface area contributed by atoms with Crippen LogP contribution in [0.5, 0.6) is 0 Å². The predicted molar refractivity (Wildman–Crippen MR) is 94.4 cm³/mol. The molecule has 1 aromatic heterocycles. The van der Waals surface area contributed by atoms with E-state index in [1.165, 1.54) is 11.8 Å². The number of carbonyl (C=O) groups is 1. The van der Waals surface area contributed by atoms with Crippen LogP contribution in [0.1, 0.15) is 34.3 Å². The Kier molecular flexibility index (Phi) is 5.11. The summed E-state index contributed by atoms with van der Waals surface area (Å²) in [5.74, 6) is 0.612. The molecule has 1 heterocycles. The Morgan fingerprint density at radius 3 is 2.50 bits per heavy atom. The van der Waals surface area contributed by atoms with Crippen LogP contribution < -0.4 is 0 Å². The van der Waals surface area contributed by atoms with E-state index in [9.17, 15) is 4.79 Å². The monoisotopic (exact) mass is 338 g/mol. The molecule has 0 aliphatic rings. The van der Waals surface area contributed by atoms with E-state index in [4.69, 9.17) is 4.42 Å². The Morgan fingerprint density at radius 2 is 1.79 bits per heavy atom. The van der Waals surface area contributed by atoms with E-state index < -0.39 is 0 Å². The number of nitrogens with zero attached hydrogens (tertiary/aromatic N) is 2. The van der Waals surface area contributed by atoms with Crippen LogP contribution in [0.25, 0.3) is 0 Å². The third kappa shape index (κ3) is 4.11. The second-order valence-electron chi connectivity index (χ2n) is 5.61. The average Bonchev–Trinajstić information content (AvgIpc) is 3.02. The molecule has 2 aromatic carbocycles. The molecule has 0 aliphatic carbocycles. The number of thioether (sulfide) groups is 1. The van der Waals surface area contributed by atoms with E-state index in [-0.39, 0.29) is 11.0 Å². The minimum absolute atomic E-state index is 0.0582. The second-order valence-corrected chi connectivity index (χ2v) is 6.91. The minimum atomic E-state index is -0.280. The highest BCUT2D eigenvalue weighted by Gasteiger charge is 2.19.